The number of benzene rings is 1. The normalized spacial score (nSPS) is 11.9. The molecule has 0 aliphatic rings. The van der Waals surface area contributed by atoms with Gasteiger partial charge in [-0.15, -0.1) is 11.3 Å². The highest BCUT2D eigenvalue weighted by atomic mass is 35.5. The van der Waals surface area contributed by atoms with Gasteiger partial charge in [-0.1, -0.05) is 11.6 Å². The number of primary sulfonamides is 1. The predicted molar refractivity (Wildman–Crippen MR) is 106 cm³/mol. The molecular weight excluding hydrogens is 444 g/mol. The number of carbonyl (C=O) groups is 1. The Morgan fingerprint density at radius 2 is 1.97 bits per heavy atom. The highest BCUT2D eigenvalue weighted by Gasteiger charge is 2.27. The number of ketones is 1. The quantitative estimate of drug-likeness (QED) is 0.453. The third-order valence-electron chi connectivity index (χ3n) is 4.24. The molecule has 148 valence electrons. The van der Waals surface area contributed by atoms with Gasteiger partial charge in [-0.05, 0) is 29.6 Å². The van der Waals surface area contributed by atoms with Gasteiger partial charge in [0, 0.05) is 34.5 Å². The number of nitrogens with one attached hydrogen (secondary N) is 1. The summed E-state index contributed by atoms with van der Waals surface area (Å²) in [6.07, 6.45) is 2.64. The molecule has 0 unspecified atom stereocenters. The van der Waals surface area contributed by atoms with Crippen LogP contribution in [0.3, 0.4) is 0 Å². The van der Waals surface area contributed by atoms with Gasteiger partial charge in [0.05, 0.1) is 10.6 Å². The van der Waals surface area contributed by atoms with E-state index in [2.05, 4.69) is 9.97 Å². The third-order valence-corrected chi connectivity index (χ3v) is 6.87. The van der Waals surface area contributed by atoms with Crippen molar-refractivity contribution >= 4 is 49.8 Å². The number of sulfonamides is 1. The van der Waals surface area contributed by atoms with Crippen LogP contribution in [0, 0.1) is 11.6 Å². The highest BCUT2D eigenvalue weighted by Crippen LogP contribution is 2.35. The maximum Gasteiger partial charge on any atom is 0.248 e. The molecule has 3 N–H and O–H groups in total. The molecule has 0 amide bonds. The van der Waals surface area contributed by atoms with Gasteiger partial charge >= 0.3 is 0 Å². The average molecular weight is 454 g/mol. The zero-order valence-electron chi connectivity index (χ0n) is 14.2. The number of nitrogens with zero attached hydrogens (tertiary/aromatic N) is 1. The molecule has 0 saturated carbocycles. The topological polar surface area (TPSA) is 106 Å². The van der Waals surface area contributed by atoms with Gasteiger partial charge in [0.25, 0.3) is 0 Å². The highest BCUT2D eigenvalue weighted by molar-refractivity contribution is 7.91. The second kappa shape index (κ2) is 6.99. The number of halogens is 3. The van der Waals surface area contributed by atoms with E-state index in [0.717, 1.165) is 23.5 Å². The standard InChI is InChI=1S/C18H10ClF2N3O3S2/c19-8-5-11-12(7-24-17(11)23-6-8)16(25)14-13(20)2-1-9(15(14)21)10-3-4-28-18(10)29(22,26)27/h1-7H,(H,23,24)(H2,22,26,27). The van der Waals surface area contributed by atoms with Crippen molar-refractivity contribution in [2.75, 3.05) is 0 Å². The maximum atomic E-state index is 15.2. The van der Waals surface area contributed by atoms with Crippen LogP contribution < -0.4 is 5.14 Å². The first-order valence-electron chi connectivity index (χ1n) is 7.94. The smallest absolute Gasteiger partial charge is 0.248 e. The molecular formula is C18H10ClF2N3O3S2. The van der Waals surface area contributed by atoms with E-state index < -0.39 is 33.0 Å². The molecule has 0 fully saturated rings. The van der Waals surface area contributed by atoms with E-state index in [1.807, 2.05) is 0 Å². The van der Waals surface area contributed by atoms with Crippen LogP contribution in [0.4, 0.5) is 8.78 Å². The molecule has 3 heterocycles. The molecule has 0 saturated heterocycles. The average Bonchev–Trinajstić information content (AvgIpc) is 3.28. The SMILES string of the molecule is NS(=O)(=O)c1sccc1-c1ccc(F)c(C(=O)c2c[nH]c3ncc(Cl)cc23)c1F. The van der Waals surface area contributed by atoms with E-state index in [9.17, 15) is 17.6 Å². The number of carbonyl (C=O) groups excluding carboxylic acids is 1. The lowest BCUT2D eigenvalue weighted by Gasteiger charge is -2.09. The van der Waals surface area contributed by atoms with Crippen molar-refractivity contribution in [2.45, 2.75) is 4.21 Å². The molecule has 0 radical (unpaired) electrons. The number of aromatic amines is 1. The lowest BCUT2D eigenvalue weighted by molar-refractivity contribution is 0.103. The van der Waals surface area contributed by atoms with Gasteiger partial charge in [-0.3, -0.25) is 4.79 Å². The third kappa shape index (κ3) is 3.33. The van der Waals surface area contributed by atoms with Crippen molar-refractivity contribution in [1.29, 1.82) is 0 Å². The van der Waals surface area contributed by atoms with E-state index in [1.54, 1.807) is 0 Å². The number of rotatable bonds is 4. The summed E-state index contributed by atoms with van der Waals surface area (Å²) in [5.41, 5.74) is -0.829. The molecule has 4 aromatic rings. The summed E-state index contributed by atoms with van der Waals surface area (Å²) < 4.78 is 52.9. The van der Waals surface area contributed by atoms with Crippen LogP contribution in [0.25, 0.3) is 22.2 Å². The summed E-state index contributed by atoms with van der Waals surface area (Å²) in [6.45, 7) is 0. The number of hydrogen-bond donors (Lipinski definition) is 2. The number of fused-ring (bicyclic) bond motifs is 1. The lowest BCUT2D eigenvalue weighted by atomic mass is 9.97. The van der Waals surface area contributed by atoms with Crippen LogP contribution in [0.5, 0.6) is 0 Å². The van der Waals surface area contributed by atoms with Crippen molar-refractivity contribution in [3.05, 3.63) is 69.8 Å². The molecule has 0 atom stereocenters. The van der Waals surface area contributed by atoms with Gasteiger partial charge in [0.1, 0.15) is 21.5 Å². The van der Waals surface area contributed by atoms with E-state index in [1.165, 1.54) is 29.9 Å². The van der Waals surface area contributed by atoms with E-state index in [-0.39, 0.29) is 25.9 Å². The minimum Gasteiger partial charge on any atom is -0.345 e. The molecule has 6 nitrogen and oxygen atoms in total. The number of nitrogens with two attached hydrogens (primary N) is 1. The molecule has 0 aliphatic carbocycles. The first kappa shape index (κ1) is 19.6. The van der Waals surface area contributed by atoms with Crippen molar-refractivity contribution in [1.82, 2.24) is 9.97 Å². The van der Waals surface area contributed by atoms with Gasteiger partial charge in [0.2, 0.25) is 15.8 Å². The number of H-pyrrole nitrogens is 1. The Bertz CT molecular complexity index is 1400. The maximum absolute atomic E-state index is 15.2. The summed E-state index contributed by atoms with van der Waals surface area (Å²) in [7, 11) is -4.13. The van der Waals surface area contributed by atoms with Gasteiger partial charge < -0.3 is 4.98 Å². The van der Waals surface area contributed by atoms with Crippen LogP contribution >= 0.6 is 22.9 Å². The molecule has 4 rings (SSSR count). The molecule has 3 aromatic heterocycles. The molecule has 11 heteroatoms. The van der Waals surface area contributed by atoms with Crippen LogP contribution in [-0.2, 0) is 10.0 Å². The van der Waals surface area contributed by atoms with Crippen LogP contribution in [-0.4, -0.2) is 24.2 Å². The zero-order chi connectivity index (χ0) is 20.9. The Balaban J connectivity index is 1.92. The fourth-order valence-electron chi connectivity index (χ4n) is 2.98. The van der Waals surface area contributed by atoms with Crippen molar-refractivity contribution in [2.24, 2.45) is 5.14 Å². The summed E-state index contributed by atoms with van der Waals surface area (Å²) >= 11 is 6.70. The Morgan fingerprint density at radius 3 is 2.69 bits per heavy atom. The van der Waals surface area contributed by atoms with E-state index in [0.29, 0.717) is 11.0 Å². The minimum absolute atomic E-state index is 0.0260. The number of hydrogen-bond acceptors (Lipinski definition) is 5. The second-order valence-electron chi connectivity index (χ2n) is 6.03. The predicted octanol–water partition coefficient (Wildman–Crippen LogP) is 4.10. The second-order valence-corrected chi connectivity index (χ2v) is 9.14. The van der Waals surface area contributed by atoms with Crippen LogP contribution in [0.1, 0.15) is 15.9 Å². The van der Waals surface area contributed by atoms with E-state index in [4.69, 9.17) is 16.7 Å². The van der Waals surface area contributed by atoms with Crippen molar-refractivity contribution in [3.8, 4) is 11.1 Å². The first-order valence-corrected chi connectivity index (χ1v) is 10.7. The fourth-order valence-corrected chi connectivity index (χ4v) is 4.96. The Labute approximate surface area is 172 Å². The monoisotopic (exact) mass is 453 g/mol. The lowest BCUT2D eigenvalue weighted by Crippen LogP contribution is -2.12. The molecule has 0 bridgehead atoms. The Morgan fingerprint density at radius 1 is 1.21 bits per heavy atom. The zero-order valence-corrected chi connectivity index (χ0v) is 16.6. The van der Waals surface area contributed by atoms with Crippen LogP contribution in [0.2, 0.25) is 5.02 Å². The minimum atomic E-state index is -4.13. The van der Waals surface area contributed by atoms with Gasteiger partial charge in [-0.25, -0.2) is 27.3 Å². The number of aromatic nitrogens is 2. The number of pyridine rings is 1. The van der Waals surface area contributed by atoms with E-state index >= 15 is 4.39 Å². The Kier molecular flexibility index (Phi) is 4.74. The molecule has 0 spiro atoms. The van der Waals surface area contributed by atoms with Gasteiger partial charge in [-0.2, -0.15) is 0 Å². The van der Waals surface area contributed by atoms with Crippen LogP contribution in [0.15, 0.2) is 46.2 Å². The van der Waals surface area contributed by atoms with Gasteiger partial charge in [0.15, 0.2) is 0 Å². The van der Waals surface area contributed by atoms with Crippen molar-refractivity contribution < 1.29 is 22.0 Å². The molecule has 0 aliphatic heterocycles. The fraction of sp³-hybridized carbons (Fsp3) is 0. The molecule has 1 aromatic carbocycles. The number of thiophene rings is 1. The Hall–Kier alpha value is -2.66. The van der Waals surface area contributed by atoms with Crippen molar-refractivity contribution in [3.63, 3.8) is 0 Å². The molecule has 29 heavy (non-hydrogen) atoms. The largest absolute Gasteiger partial charge is 0.345 e. The summed E-state index contributed by atoms with van der Waals surface area (Å²) in [5.74, 6) is -3.22. The first-order chi connectivity index (χ1) is 13.7. The summed E-state index contributed by atoms with van der Waals surface area (Å²) in [5, 5.41) is 7.12. The summed E-state index contributed by atoms with van der Waals surface area (Å²) in [4.78, 5) is 19.7. The summed E-state index contributed by atoms with van der Waals surface area (Å²) in [6, 6.07) is 4.75.